The number of halogens is 1. The first kappa shape index (κ1) is 14.4. The molecule has 0 heterocycles. The third kappa shape index (κ3) is 2.93. The van der Waals surface area contributed by atoms with Crippen molar-refractivity contribution in [1.82, 2.24) is 0 Å². The largest absolute Gasteiger partial charge is 0.508 e. The molecule has 5 heteroatoms. The van der Waals surface area contributed by atoms with E-state index in [4.69, 9.17) is 4.74 Å². The number of carbonyl (C=O) groups excluding carboxylic acids is 1. The minimum atomic E-state index is -0.274. The quantitative estimate of drug-likeness (QED) is 0.898. The molecule has 2 rings (SSSR count). The van der Waals surface area contributed by atoms with Gasteiger partial charge >= 0.3 is 0 Å². The van der Waals surface area contributed by atoms with Crippen LogP contribution >= 0.6 is 15.9 Å². The van der Waals surface area contributed by atoms with E-state index in [0.717, 1.165) is 0 Å². The van der Waals surface area contributed by atoms with Crippen molar-refractivity contribution < 1.29 is 14.6 Å². The maximum absolute atomic E-state index is 12.3. The molecular formula is C15H14BrNO3. The maximum atomic E-state index is 12.3. The molecule has 0 aromatic heterocycles. The predicted molar refractivity (Wildman–Crippen MR) is 81.5 cm³/mol. The van der Waals surface area contributed by atoms with E-state index in [0.29, 0.717) is 27.0 Å². The van der Waals surface area contributed by atoms with E-state index in [1.807, 2.05) is 0 Å². The number of aromatic hydroxyl groups is 1. The molecular weight excluding hydrogens is 322 g/mol. The van der Waals surface area contributed by atoms with E-state index in [9.17, 15) is 9.90 Å². The SMILES string of the molecule is COc1ccc(Br)c(C(=O)Nc2cccc(O)c2C)c1. The first-order valence-electron chi connectivity index (χ1n) is 5.96. The second-order valence-electron chi connectivity index (χ2n) is 4.25. The third-order valence-electron chi connectivity index (χ3n) is 2.97. The molecule has 0 saturated heterocycles. The van der Waals surface area contributed by atoms with Gasteiger partial charge in [0, 0.05) is 15.7 Å². The van der Waals surface area contributed by atoms with Crippen LogP contribution in [-0.2, 0) is 0 Å². The Morgan fingerprint density at radius 1 is 1.30 bits per heavy atom. The van der Waals surface area contributed by atoms with Crippen molar-refractivity contribution in [3.8, 4) is 11.5 Å². The summed E-state index contributed by atoms with van der Waals surface area (Å²) in [6.45, 7) is 1.74. The van der Waals surface area contributed by atoms with Crippen molar-refractivity contribution in [2.45, 2.75) is 6.92 Å². The van der Waals surface area contributed by atoms with Gasteiger partial charge in [-0.2, -0.15) is 0 Å². The summed E-state index contributed by atoms with van der Waals surface area (Å²) in [5.41, 5.74) is 1.66. The summed E-state index contributed by atoms with van der Waals surface area (Å²) in [6.07, 6.45) is 0. The second kappa shape index (κ2) is 5.96. The average Bonchev–Trinajstić information content (AvgIpc) is 2.44. The minimum Gasteiger partial charge on any atom is -0.508 e. The molecule has 0 aliphatic rings. The number of methoxy groups -OCH3 is 1. The lowest BCUT2D eigenvalue weighted by Gasteiger charge is -2.11. The van der Waals surface area contributed by atoms with E-state index in [1.54, 1.807) is 50.4 Å². The molecule has 0 bridgehead atoms. The molecule has 0 radical (unpaired) electrons. The van der Waals surface area contributed by atoms with Gasteiger partial charge in [-0.15, -0.1) is 0 Å². The smallest absolute Gasteiger partial charge is 0.256 e. The van der Waals surface area contributed by atoms with E-state index in [-0.39, 0.29) is 11.7 Å². The van der Waals surface area contributed by atoms with Crippen LogP contribution in [0.2, 0.25) is 0 Å². The summed E-state index contributed by atoms with van der Waals surface area (Å²) in [4.78, 5) is 12.3. The molecule has 0 saturated carbocycles. The molecule has 20 heavy (non-hydrogen) atoms. The summed E-state index contributed by atoms with van der Waals surface area (Å²) >= 11 is 3.34. The van der Waals surface area contributed by atoms with Gasteiger partial charge < -0.3 is 15.2 Å². The molecule has 0 aliphatic carbocycles. The first-order chi connectivity index (χ1) is 9.52. The Bertz CT molecular complexity index is 656. The Kier molecular flexibility index (Phi) is 4.29. The molecule has 1 amide bonds. The Morgan fingerprint density at radius 3 is 2.75 bits per heavy atom. The Morgan fingerprint density at radius 2 is 2.05 bits per heavy atom. The molecule has 0 unspecified atom stereocenters. The summed E-state index contributed by atoms with van der Waals surface area (Å²) in [5.74, 6) is 0.475. The monoisotopic (exact) mass is 335 g/mol. The molecule has 104 valence electrons. The Balaban J connectivity index is 2.30. The highest BCUT2D eigenvalue weighted by Gasteiger charge is 2.13. The standard InChI is InChI=1S/C15H14BrNO3/c1-9-13(4-3-5-14(9)18)17-15(19)11-8-10(20-2)6-7-12(11)16/h3-8,18H,1-2H3,(H,17,19). The van der Waals surface area contributed by atoms with Gasteiger partial charge in [0.1, 0.15) is 11.5 Å². The number of benzene rings is 2. The van der Waals surface area contributed by atoms with Crippen LogP contribution < -0.4 is 10.1 Å². The molecule has 2 aromatic carbocycles. The topological polar surface area (TPSA) is 58.6 Å². The fourth-order valence-electron chi connectivity index (χ4n) is 1.75. The van der Waals surface area contributed by atoms with Gasteiger partial charge in [0.15, 0.2) is 0 Å². The van der Waals surface area contributed by atoms with Gasteiger partial charge in [-0.3, -0.25) is 4.79 Å². The van der Waals surface area contributed by atoms with Crippen LogP contribution in [0.25, 0.3) is 0 Å². The van der Waals surface area contributed by atoms with Crippen LogP contribution in [0.1, 0.15) is 15.9 Å². The minimum absolute atomic E-state index is 0.146. The van der Waals surface area contributed by atoms with E-state index in [2.05, 4.69) is 21.2 Å². The summed E-state index contributed by atoms with van der Waals surface area (Å²) in [6, 6.07) is 10.2. The molecule has 0 atom stereocenters. The van der Waals surface area contributed by atoms with Crippen molar-refractivity contribution in [2.24, 2.45) is 0 Å². The summed E-state index contributed by atoms with van der Waals surface area (Å²) < 4.78 is 5.79. The molecule has 0 fully saturated rings. The number of phenolic OH excluding ortho intramolecular Hbond substituents is 1. The number of anilines is 1. The number of carbonyl (C=O) groups is 1. The van der Waals surface area contributed by atoms with Crippen LogP contribution in [0.15, 0.2) is 40.9 Å². The van der Waals surface area contributed by atoms with E-state index < -0.39 is 0 Å². The highest BCUT2D eigenvalue weighted by Crippen LogP contribution is 2.27. The number of hydrogen-bond acceptors (Lipinski definition) is 3. The van der Waals surface area contributed by atoms with E-state index >= 15 is 0 Å². The van der Waals surface area contributed by atoms with Crippen molar-refractivity contribution in [2.75, 3.05) is 12.4 Å². The summed E-state index contributed by atoms with van der Waals surface area (Å²) in [7, 11) is 1.55. The Labute approximate surface area is 125 Å². The van der Waals surface area contributed by atoms with Crippen molar-refractivity contribution in [3.63, 3.8) is 0 Å². The highest BCUT2D eigenvalue weighted by atomic mass is 79.9. The first-order valence-corrected chi connectivity index (χ1v) is 6.75. The van der Waals surface area contributed by atoms with Gasteiger partial charge in [-0.05, 0) is 53.2 Å². The fourth-order valence-corrected chi connectivity index (χ4v) is 2.18. The van der Waals surface area contributed by atoms with Gasteiger partial charge in [-0.25, -0.2) is 0 Å². The lowest BCUT2D eigenvalue weighted by atomic mass is 10.1. The zero-order chi connectivity index (χ0) is 14.7. The number of amides is 1. The number of hydrogen-bond donors (Lipinski definition) is 2. The van der Waals surface area contributed by atoms with Crippen LogP contribution in [0.3, 0.4) is 0 Å². The van der Waals surface area contributed by atoms with Crippen molar-refractivity contribution in [3.05, 3.63) is 52.0 Å². The third-order valence-corrected chi connectivity index (χ3v) is 3.66. The van der Waals surface area contributed by atoms with Crippen molar-refractivity contribution in [1.29, 1.82) is 0 Å². The zero-order valence-corrected chi connectivity index (χ0v) is 12.7. The highest BCUT2D eigenvalue weighted by molar-refractivity contribution is 9.10. The fraction of sp³-hybridized carbons (Fsp3) is 0.133. The molecule has 0 spiro atoms. The van der Waals surface area contributed by atoms with Gasteiger partial charge in [0.25, 0.3) is 5.91 Å². The summed E-state index contributed by atoms with van der Waals surface area (Å²) in [5, 5.41) is 12.4. The number of phenols is 1. The lowest BCUT2D eigenvalue weighted by molar-refractivity contribution is 0.102. The molecule has 4 nitrogen and oxygen atoms in total. The van der Waals surface area contributed by atoms with Gasteiger partial charge in [-0.1, -0.05) is 6.07 Å². The maximum Gasteiger partial charge on any atom is 0.256 e. The second-order valence-corrected chi connectivity index (χ2v) is 5.10. The number of nitrogens with one attached hydrogen (secondary N) is 1. The van der Waals surface area contributed by atoms with Gasteiger partial charge in [0.05, 0.1) is 12.7 Å². The van der Waals surface area contributed by atoms with Crippen molar-refractivity contribution >= 4 is 27.5 Å². The van der Waals surface area contributed by atoms with Crippen LogP contribution in [0, 0.1) is 6.92 Å². The zero-order valence-electron chi connectivity index (χ0n) is 11.1. The lowest BCUT2D eigenvalue weighted by Crippen LogP contribution is -2.13. The molecule has 2 aromatic rings. The molecule has 0 aliphatic heterocycles. The number of rotatable bonds is 3. The Hall–Kier alpha value is -2.01. The average molecular weight is 336 g/mol. The predicted octanol–water partition coefficient (Wildman–Crippen LogP) is 3.72. The van der Waals surface area contributed by atoms with Gasteiger partial charge in [0.2, 0.25) is 0 Å². The van der Waals surface area contributed by atoms with Crippen LogP contribution in [0.4, 0.5) is 5.69 Å². The number of ether oxygens (including phenoxy) is 1. The van der Waals surface area contributed by atoms with E-state index in [1.165, 1.54) is 0 Å². The van der Waals surface area contributed by atoms with Crippen LogP contribution in [0.5, 0.6) is 11.5 Å². The molecule has 2 N–H and O–H groups in total. The van der Waals surface area contributed by atoms with Crippen LogP contribution in [-0.4, -0.2) is 18.1 Å². The normalized spacial score (nSPS) is 10.2.